The molecule has 6 heteroatoms. The minimum absolute atomic E-state index is 0.0312. The van der Waals surface area contributed by atoms with E-state index in [1.807, 2.05) is 4.90 Å². The number of piperazine rings is 1. The van der Waals surface area contributed by atoms with Crippen molar-refractivity contribution in [3.63, 3.8) is 0 Å². The summed E-state index contributed by atoms with van der Waals surface area (Å²) in [5.74, 6) is 0.0219. The second-order valence-electron chi connectivity index (χ2n) is 6.39. The van der Waals surface area contributed by atoms with Crippen LogP contribution in [0, 0.1) is 0 Å². The van der Waals surface area contributed by atoms with Gasteiger partial charge in [-0.25, -0.2) is 0 Å². The van der Waals surface area contributed by atoms with Crippen LogP contribution in [0.4, 0.5) is 0 Å². The van der Waals surface area contributed by atoms with E-state index < -0.39 is 0 Å². The zero-order valence-electron chi connectivity index (χ0n) is 14.8. The van der Waals surface area contributed by atoms with Gasteiger partial charge in [-0.3, -0.25) is 19.5 Å². The predicted molar refractivity (Wildman–Crippen MR) is 91.9 cm³/mol. The van der Waals surface area contributed by atoms with E-state index in [4.69, 9.17) is 4.74 Å². The van der Waals surface area contributed by atoms with E-state index in [-0.39, 0.29) is 24.5 Å². The number of amides is 1. The van der Waals surface area contributed by atoms with Crippen LogP contribution in [0.15, 0.2) is 24.5 Å². The maximum Gasteiger partial charge on any atom is 0.223 e. The molecule has 2 heterocycles. The molecular formula is C18H27N3O3. The lowest BCUT2D eigenvalue weighted by atomic mass is 10.1. The van der Waals surface area contributed by atoms with Crippen LogP contribution < -0.4 is 0 Å². The number of ether oxygens (including phenoxy) is 1. The van der Waals surface area contributed by atoms with Crippen LogP contribution in [0.2, 0.25) is 0 Å². The second-order valence-corrected chi connectivity index (χ2v) is 6.39. The second kappa shape index (κ2) is 8.89. The van der Waals surface area contributed by atoms with E-state index in [0.717, 1.165) is 6.54 Å². The Morgan fingerprint density at radius 1 is 1.25 bits per heavy atom. The van der Waals surface area contributed by atoms with Crippen molar-refractivity contribution >= 4 is 11.7 Å². The number of nitrogens with zero attached hydrogens (tertiary/aromatic N) is 3. The molecule has 2 unspecified atom stereocenters. The Bertz CT molecular complexity index is 538. The lowest BCUT2D eigenvalue weighted by Crippen LogP contribution is -2.58. The highest BCUT2D eigenvalue weighted by atomic mass is 16.5. The van der Waals surface area contributed by atoms with Crippen LogP contribution in [-0.4, -0.2) is 71.9 Å². The molecule has 0 bridgehead atoms. The monoisotopic (exact) mass is 333 g/mol. The molecule has 6 nitrogen and oxygen atoms in total. The molecule has 1 aromatic heterocycles. The summed E-state index contributed by atoms with van der Waals surface area (Å²) in [5.41, 5.74) is 0.566. The SMILES string of the molecule is COCCN1C(C)CN(C(=O)CCC(=O)c2cccnc2)CC1C. The predicted octanol–water partition coefficient (Wildman–Crippen LogP) is 1.61. The number of hydrogen-bond acceptors (Lipinski definition) is 5. The summed E-state index contributed by atoms with van der Waals surface area (Å²) in [6, 6.07) is 4.06. The maximum absolute atomic E-state index is 12.5. The van der Waals surface area contributed by atoms with E-state index in [1.54, 1.807) is 31.6 Å². The van der Waals surface area contributed by atoms with Crippen molar-refractivity contribution in [1.82, 2.24) is 14.8 Å². The van der Waals surface area contributed by atoms with Crippen LogP contribution in [-0.2, 0) is 9.53 Å². The van der Waals surface area contributed by atoms with E-state index in [9.17, 15) is 9.59 Å². The van der Waals surface area contributed by atoms with E-state index >= 15 is 0 Å². The van der Waals surface area contributed by atoms with Crippen molar-refractivity contribution in [3.8, 4) is 0 Å². The molecule has 0 spiro atoms. The molecule has 1 aromatic rings. The summed E-state index contributed by atoms with van der Waals surface area (Å²) in [5, 5.41) is 0. The third-order valence-electron chi connectivity index (χ3n) is 4.56. The van der Waals surface area contributed by atoms with Crippen molar-refractivity contribution in [2.75, 3.05) is 33.4 Å². The molecule has 2 rings (SSSR count). The summed E-state index contributed by atoms with van der Waals surface area (Å²) < 4.78 is 5.16. The van der Waals surface area contributed by atoms with Crippen LogP contribution in [0.1, 0.15) is 37.0 Å². The van der Waals surface area contributed by atoms with Crippen molar-refractivity contribution in [3.05, 3.63) is 30.1 Å². The molecular weight excluding hydrogens is 306 g/mol. The topological polar surface area (TPSA) is 62.7 Å². The number of pyridine rings is 1. The number of Topliss-reactive ketones (excluding diaryl/α,β-unsaturated/α-hetero) is 1. The fourth-order valence-electron chi connectivity index (χ4n) is 3.25. The third-order valence-corrected chi connectivity index (χ3v) is 4.56. The van der Waals surface area contributed by atoms with Crippen molar-refractivity contribution in [2.24, 2.45) is 0 Å². The highest BCUT2D eigenvalue weighted by Crippen LogP contribution is 2.17. The minimum atomic E-state index is -0.0312. The molecule has 0 aromatic carbocycles. The highest BCUT2D eigenvalue weighted by molar-refractivity contribution is 5.97. The molecule has 1 aliphatic heterocycles. The summed E-state index contributed by atoms with van der Waals surface area (Å²) in [6.45, 7) is 7.24. The summed E-state index contributed by atoms with van der Waals surface area (Å²) in [6.07, 6.45) is 3.67. The van der Waals surface area contributed by atoms with Gasteiger partial charge < -0.3 is 9.64 Å². The number of ketones is 1. The normalized spacial score (nSPS) is 21.7. The molecule has 0 radical (unpaired) electrons. The maximum atomic E-state index is 12.5. The van der Waals surface area contributed by atoms with Gasteiger partial charge in [0, 0.05) is 69.6 Å². The molecule has 0 N–H and O–H groups in total. The Morgan fingerprint density at radius 2 is 1.96 bits per heavy atom. The van der Waals surface area contributed by atoms with Gasteiger partial charge in [-0.15, -0.1) is 0 Å². The van der Waals surface area contributed by atoms with Crippen LogP contribution in [0.25, 0.3) is 0 Å². The smallest absolute Gasteiger partial charge is 0.223 e. The number of aromatic nitrogens is 1. The average molecular weight is 333 g/mol. The molecule has 24 heavy (non-hydrogen) atoms. The number of hydrogen-bond donors (Lipinski definition) is 0. The molecule has 1 amide bonds. The van der Waals surface area contributed by atoms with E-state index in [1.165, 1.54) is 0 Å². The van der Waals surface area contributed by atoms with Gasteiger partial charge in [-0.1, -0.05) is 0 Å². The van der Waals surface area contributed by atoms with Gasteiger partial charge in [-0.2, -0.15) is 0 Å². The molecule has 2 atom stereocenters. The standard InChI is InChI=1S/C18H27N3O3/c1-14-12-20(13-15(2)21(14)9-10-24-3)18(23)7-6-17(22)16-5-4-8-19-11-16/h4-5,8,11,14-15H,6-7,9-10,12-13H2,1-3H3. The average Bonchev–Trinajstić information content (AvgIpc) is 2.59. The Morgan fingerprint density at radius 3 is 2.54 bits per heavy atom. The third kappa shape index (κ3) is 4.85. The lowest BCUT2D eigenvalue weighted by Gasteiger charge is -2.44. The zero-order valence-corrected chi connectivity index (χ0v) is 14.8. The van der Waals surface area contributed by atoms with Crippen LogP contribution >= 0.6 is 0 Å². The van der Waals surface area contributed by atoms with Crippen molar-refractivity contribution in [2.45, 2.75) is 38.8 Å². The zero-order chi connectivity index (χ0) is 17.5. The molecule has 0 aliphatic carbocycles. The lowest BCUT2D eigenvalue weighted by molar-refractivity contribution is -0.135. The van der Waals surface area contributed by atoms with Crippen molar-refractivity contribution < 1.29 is 14.3 Å². The quantitative estimate of drug-likeness (QED) is 0.710. The Hall–Kier alpha value is -1.79. The van der Waals surface area contributed by atoms with Gasteiger partial charge in [0.15, 0.2) is 5.78 Å². The highest BCUT2D eigenvalue weighted by Gasteiger charge is 2.31. The minimum Gasteiger partial charge on any atom is -0.383 e. The largest absolute Gasteiger partial charge is 0.383 e. The van der Waals surface area contributed by atoms with Crippen LogP contribution in [0.5, 0.6) is 0 Å². The van der Waals surface area contributed by atoms with Gasteiger partial charge >= 0.3 is 0 Å². The van der Waals surface area contributed by atoms with Gasteiger partial charge in [0.2, 0.25) is 5.91 Å². The first kappa shape index (κ1) is 18.5. The van der Waals surface area contributed by atoms with Gasteiger partial charge in [0.25, 0.3) is 0 Å². The summed E-state index contributed by atoms with van der Waals surface area (Å²) in [7, 11) is 1.70. The Balaban J connectivity index is 1.84. The van der Waals surface area contributed by atoms with Crippen molar-refractivity contribution in [1.29, 1.82) is 0 Å². The molecule has 1 saturated heterocycles. The molecule has 1 fully saturated rings. The van der Waals surface area contributed by atoms with Gasteiger partial charge in [0.05, 0.1) is 6.61 Å². The van der Waals surface area contributed by atoms with E-state index in [0.29, 0.717) is 37.3 Å². The van der Waals surface area contributed by atoms with Gasteiger partial charge in [0.1, 0.15) is 0 Å². The fourth-order valence-corrected chi connectivity index (χ4v) is 3.25. The van der Waals surface area contributed by atoms with E-state index in [2.05, 4.69) is 23.7 Å². The summed E-state index contributed by atoms with van der Waals surface area (Å²) >= 11 is 0. The number of rotatable bonds is 7. The Kier molecular flexibility index (Phi) is 6.87. The number of carbonyl (C=O) groups is 2. The first-order chi connectivity index (χ1) is 11.5. The first-order valence-electron chi connectivity index (χ1n) is 8.48. The van der Waals surface area contributed by atoms with Gasteiger partial charge in [-0.05, 0) is 26.0 Å². The summed E-state index contributed by atoms with van der Waals surface area (Å²) in [4.78, 5) is 32.8. The Labute approximate surface area is 143 Å². The molecule has 132 valence electrons. The molecule has 0 saturated carbocycles. The first-order valence-corrected chi connectivity index (χ1v) is 8.48. The molecule has 1 aliphatic rings. The van der Waals surface area contributed by atoms with Crippen LogP contribution in [0.3, 0.4) is 0 Å². The number of methoxy groups -OCH3 is 1. The fraction of sp³-hybridized carbons (Fsp3) is 0.611. The number of carbonyl (C=O) groups excluding carboxylic acids is 2.